The number of hydrogen-bond donors (Lipinski definition) is 1. The predicted molar refractivity (Wildman–Crippen MR) is 112 cm³/mol. The molecule has 3 saturated heterocycles. The van der Waals surface area contributed by atoms with Crippen LogP contribution in [0.2, 0.25) is 0 Å². The van der Waals surface area contributed by atoms with Crippen molar-refractivity contribution in [3.8, 4) is 0 Å². The lowest BCUT2D eigenvalue weighted by Gasteiger charge is -2.41. The highest BCUT2D eigenvalue weighted by molar-refractivity contribution is 5.95. The van der Waals surface area contributed by atoms with Crippen LogP contribution in [-0.4, -0.2) is 65.4 Å². The van der Waals surface area contributed by atoms with Crippen molar-refractivity contribution in [2.75, 3.05) is 13.7 Å². The first-order valence-electron chi connectivity index (χ1n) is 11.3. The van der Waals surface area contributed by atoms with E-state index in [1.54, 1.807) is 4.90 Å². The molecular formula is C23H28F3N3O4. The molecule has 3 aliphatic rings. The molecule has 2 unspecified atom stereocenters. The zero-order valence-electron chi connectivity index (χ0n) is 18.4. The van der Waals surface area contributed by atoms with Crippen LogP contribution >= 0.6 is 0 Å². The van der Waals surface area contributed by atoms with Crippen LogP contribution in [-0.2, 0) is 20.5 Å². The van der Waals surface area contributed by atoms with Crippen LogP contribution in [0, 0.1) is 5.92 Å². The molecule has 0 radical (unpaired) electrons. The molecule has 3 fully saturated rings. The lowest BCUT2D eigenvalue weighted by molar-refractivity contribution is -0.152. The number of halogens is 3. The van der Waals surface area contributed by atoms with Gasteiger partial charge >= 0.3 is 12.1 Å². The van der Waals surface area contributed by atoms with E-state index in [1.165, 1.54) is 24.1 Å². The second-order valence-electron chi connectivity index (χ2n) is 9.14. The smallest absolute Gasteiger partial charge is 0.416 e. The normalized spacial score (nSPS) is 28.0. The number of likely N-dealkylation sites (tertiary alicyclic amines) is 1. The number of alkyl halides is 3. The van der Waals surface area contributed by atoms with Crippen molar-refractivity contribution in [1.82, 2.24) is 9.80 Å². The Balaban J connectivity index is 1.43. The molecule has 2 amide bonds. The number of hydrogen-bond acceptors (Lipinski definition) is 5. The largest absolute Gasteiger partial charge is 0.467 e. The molecule has 3 aliphatic heterocycles. The predicted octanol–water partition coefficient (Wildman–Crippen LogP) is 2.58. The standard InChI is InChI=1S/C23H28F3N3O4/c1-33-22(32)18-3-2-10-28(18)21(31)19(27)14-11-16-8-9-17(12-14)29(16)20(30)13-4-6-15(7-5-13)23(24,25)26/h4-7,14,16-19H,2-3,8-12,27H2,1H3/t14?,16?,17?,18-,19-/m0/s1. The van der Waals surface area contributed by atoms with Gasteiger partial charge in [0, 0.05) is 24.2 Å². The zero-order valence-corrected chi connectivity index (χ0v) is 18.4. The fourth-order valence-electron chi connectivity index (χ4n) is 5.60. The third-order valence-electron chi connectivity index (χ3n) is 7.27. The van der Waals surface area contributed by atoms with Gasteiger partial charge in [0.1, 0.15) is 6.04 Å². The highest BCUT2D eigenvalue weighted by atomic mass is 19.4. The van der Waals surface area contributed by atoms with Gasteiger partial charge in [-0.2, -0.15) is 13.2 Å². The van der Waals surface area contributed by atoms with Gasteiger partial charge < -0.3 is 20.3 Å². The number of carbonyl (C=O) groups is 3. The number of piperidine rings is 1. The number of fused-ring (bicyclic) bond motifs is 2. The fraction of sp³-hybridized carbons (Fsp3) is 0.609. The van der Waals surface area contributed by atoms with Gasteiger partial charge in [0.15, 0.2) is 0 Å². The first-order valence-corrected chi connectivity index (χ1v) is 11.3. The molecule has 0 aliphatic carbocycles. The van der Waals surface area contributed by atoms with Crippen molar-refractivity contribution >= 4 is 17.8 Å². The lowest BCUT2D eigenvalue weighted by atomic mass is 9.84. The topological polar surface area (TPSA) is 92.9 Å². The van der Waals surface area contributed by atoms with Gasteiger partial charge in [0.2, 0.25) is 5.91 Å². The van der Waals surface area contributed by atoms with Crippen LogP contribution in [0.4, 0.5) is 13.2 Å². The molecule has 2 bridgehead atoms. The minimum absolute atomic E-state index is 0.114. The Labute approximate surface area is 190 Å². The second-order valence-corrected chi connectivity index (χ2v) is 9.14. The Morgan fingerprint density at radius 2 is 1.67 bits per heavy atom. The van der Waals surface area contributed by atoms with Crippen LogP contribution in [0.25, 0.3) is 0 Å². The van der Waals surface area contributed by atoms with Crippen LogP contribution in [0.15, 0.2) is 24.3 Å². The first-order chi connectivity index (χ1) is 15.6. The van der Waals surface area contributed by atoms with Crippen molar-refractivity contribution in [3.05, 3.63) is 35.4 Å². The van der Waals surface area contributed by atoms with E-state index in [-0.39, 0.29) is 35.4 Å². The summed E-state index contributed by atoms with van der Waals surface area (Å²) in [5.41, 5.74) is 5.79. The second kappa shape index (κ2) is 8.96. The van der Waals surface area contributed by atoms with Crippen LogP contribution in [0.3, 0.4) is 0 Å². The summed E-state index contributed by atoms with van der Waals surface area (Å²) in [6.45, 7) is 0.463. The highest BCUT2D eigenvalue weighted by Gasteiger charge is 2.47. The maximum absolute atomic E-state index is 13.1. The summed E-state index contributed by atoms with van der Waals surface area (Å²) in [4.78, 5) is 41.4. The quantitative estimate of drug-likeness (QED) is 0.688. The first kappa shape index (κ1) is 23.5. The Hall–Kier alpha value is -2.62. The Kier molecular flexibility index (Phi) is 6.39. The molecule has 0 spiro atoms. The van der Waals surface area contributed by atoms with Crippen molar-refractivity contribution in [2.45, 2.75) is 68.9 Å². The number of benzene rings is 1. The van der Waals surface area contributed by atoms with E-state index in [0.717, 1.165) is 25.0 Å². The van der Waals surface area contributed by atoms with Crippen LogP contribution in [0.5, 0.6) is 0 Å². The van der Waals surface area contributed by atoms with E-state index in [0.29, 0.717) is 32.2 Å². The third kappa shape index (κ3) is 4.45. The third-order valence-corrected chi connectivity index (χ3v) is 7.27. The number of carbonyl (C=O) groups excluding carboxylic acids is 3. The molecule has 33 heavy (non-hydrogen) atoms. The van der Waals surface area contributed by atoms with Crippen molar-refractivity contribution < 1.29 is 32.3 Å². The molecule has 0 aromatic heterocycles. The lowest BCUT2D eigenvalue weighted by Crippen LogP contribution is -2.55. The monoisotopic (exact) mass is 467 g/mol. The zero-order chi connectivity index (χ0) is 23.9. The number of amides is 2. The molecule has 10 heteroatoms. The van der Waals surface area contributed by atoms with Gasteiger partial charge in [-0.3, -0.25) is 9.59 Å². The van der Waals surface area contributed by atoms with E-state index in [9.17, 15) is 27.6 Å². The van der Waals surface area contributed by atoms with E-state index in [1.807, 2.05) is 0 Å². The number of nitrogens with zero attached hydrogens (tertiary/aromatic N) is 2. The summed E-state index contributed by atoms with van der Waals surface area (Å²) < 4.78 is 43.3. The van der Waals surface area contributed by atoms with Crippen LogP contribution < -0.4 is 5.73 Å². The Morgan fingerprint density at radius 3 is 2.21 bits per heavy atom. The molecule has 2 N–H and O–H groups in total. The number of rotatable bonds is 4. The van der Waals surface area contributed by atoms with Gasteiger partial charge in [-0.15, -0.1) is 0 Å². The van der Waals surface area contributed by atoms with Crippen molar-refractivity contribution in [1.29, 1.82) is 0 Å². The van der Waals surface area contributed by atoms with E-state index in [4.69, 9.17) is 10.5 Å². The average molecular weight is 467 g/mol. The van der Waals surface area contributed by atoms with Gasteiger partial charge in [-0.1, -0.05) is 0 Å². The molecule has 4 rings (SSSR count). The molecule has 1 aromatic rings. The summed E-state index contributed by atoms with van der Waals surface area (Å²) in [6, 6.07) is 2.66. The molecule has 7 nitrogen and oxygen atoms in total. The van der Waals surface area contributed by atoms with Gasteiger partial charge in [0.25, 0.3) is 5.91 Å². The number of esters is 1. The summed E-state index contributed by atoms with van der Waals surface area (Å²) in [5, 5.41) is 0. The molecule has 180 valence electrons. The summed E-state index contributed by atoms with van der Waals surface area (Å²) in [7, 11) is 1.30. The Bertz CT molecular complexity index is 907. The SMILES string of the molecule is COC(=O)[C@@H]1CCCN1C(=O)[C@@H](N)C1CC2CCC(C1)N2C(=O)c1ccc(C(F)(F)F)cc1. The fourth-order valence-corrected chi connectivity index (χ4v) is 5.60. The van der Waals surface area contributed by atoms with Crippen LogP contribution in [0.1, 0.15) is 54.4 Å². The molecular weight excluding hydrogens is 439 g/mol. The molecule has 3 heterocycles. The molecule has 4 atom stereocenters. The van der Waals surface area contributed by atoms with E-state index >= 15 is 0 Å². The highest BCUT2D eigenvalue weighted by Crippen LogP contribution is 2.41. The number of nitrogens with two attached hydrogens (primary N) is 1. The summed E-state index contributed by atoms with van der Waals surface area (Å²) in [5.74, 6) is -1.13. The minimum Gasteiger partial charge on any atom is -0.467 e. The maximum atomic E-state index is 13.1. The number of methoxy groups -OCH3 is 1. The Morgan fingerprint density at radius 1 is 1.06 bits per heavy atom. The minimum atomic E-state index is -4.45. The van der Waals surface area contributed by atoms with Crippen molar-refractivity contribution in [2.24, 2.45) is 11.7 Å². The summed E-state index contributed by atoms with van der Waals surface area (Å²) >= 11 is 0. The maximum Gasteiger partial charge on any atom is 0.416 e. The van der Waals surface area contributed by atoms with Gasteiger partial charge in [-0.25, -0.2) is 4.79 Å². The van der Waals surface area contributed by atoms with Gasteiger partial charge in [0.05, 0.1) is 18.7 Å². The average Bonchev–Trinajstić information content (AvgIpc) is 3.39. The van der Waals surface area contributed by atoms with Gasteiger partial charge in [-0.05, 0) is 68.7 Å². The molecule has 1 aromatic carbocycles. The van der Waals surface area contributed by atoms with Crippen molar-refractivity contribution in [3.63, 3.8) is 0 Å². The van der Waals surface area contributed by atoms with E-state index < -0.39 is 29.8 Å². The number of ether oxygens (including phenoxy) is 1. The van der Waals surface area contributed by atoms with E-state index in [2.05, 4.69) is 0 Å². The molecule has 0 saturated carbocycles. The summed E-state index contributed by atoms with van der Waals surface area (Å²) in [6.07, 6.45) is -0.561.